The van der Waals surface area contributed by atoms with E-state index in [1.807, 2.05) is 24.3 Å². The maximum absolute atomic E-state index is 6.11. The van der Waals surface area contributed by atoms with Gasteiger partial charge in [-0.25, -0.2) is 0 Å². The monoisotopic (exact) mass is 388 g/mol. The number of benzene rings is 4. The molecule has 4 aromatic rings. The third-order valence-corrected chi connectivity index (χ3v) is 4.98. The summed E-state index contributed by atoms with van der Waals surface area (Å²) in [6.45, 7) is 0.569. The first-order valence-corrected chi connectivity index (χ1v) is 9.05. The summed E-state index contributed by atoms with van der Waals surface area (Å²) in [5, 5.41) is 2.33. The topological polar surface area (TPSA) is 9.23 Å². The molecule has 122 valence electrons. The Balaban J connectivity index is 1.76. The molecule has 0 atom stereocenters. The minimum atomic E-state index is 0.569. The predicted molar refractivity (Wildman–Crippen MR) is 108 cm³/mol. The van der Waals surface area contributed by atoms with Crippen molar-refractivity contribution in [3.63, 3.8) is 0 Å². The van der Waals surface area contributed by atoms with Crippen LogP contribution in [0, 0.1) is 0 Å². The Hall–Kier alpha value is -2.58. The standard InChI is InChI=1S/C23H17BrO/c24-22-13-7-6-11-20(22)19-14-15-23(21-12-5-4-10-18(19)21)25-16-17-8-2-1-3-9-17/h1-15H,16H2. The van der Waals surface area contributed by atoms with Crippen molar-refractivity contribution in [1.82, 2.24) is 0 Å². The summed E-state index contributed by atoms with van der Waals surface area (Å²) in [4.78, 5) is 0. The van der Waals surface area contributed by atoms with E-state index in [0.29, 0.717) is 6.61 Å². The molecular formula is C23H17BrO. The van der Waals surface area contributed by atoms with Crippen LogP contribution in [0.2, 0.25) is 0 Å². The van der Waals surface area contributed by atoms with E-state index >= 15 is 0 Å². The molecule has 0 heterocycles. The van der Waals surface area contributed by atoms with Gasteiger partial charge < -0.3 is 4.74 Å². The van der Waals surface area contributed by atoms with Crippen LogP contribution in [0.15, 0.2) is 95.5 Å². The van der Waals surface area contributed by atoms with Gasteiger partial charge >= 0.3 is 0 Å². The quantitative estimate of drug-likeness (QED) is 0.371. The fourth-order valence-electron chi connectivity index (χ4n) is 3.05. The van der Waals surface area contributed by atoms with Crippen LogP contribution in [0.3, 0.4) is 0 Å². The second-order valence-electron chi connectivity index (χ2n) is 5.91. The Kier molecular flexibility index (Phi) is 4.53. The van der Waals surface area contributed by atoms with Gasteiger partial charge in [0.25, 0.3) is 0 Å². The van der Waals surface area contributed by atoms with Crippen molar-refractivity contribution >= 4 is 26.7 Å². The maximum atomic E-state index is 6.11. The normalized spacial score (nSPS) is 10.8. The number of halogens is 1. The highest BCUT2D eigenvalue weighted by atomic mass is 79.9. The average molecular weight is 389 g/mol. The van der Waals surface area contributed by atoms with Gasteiger partial charge in [0.15, 0.2) is 0 Å². The summed E-state index contributed by atoms with van der Waals surface area (Å²) < 4.78 is 7.21. The molecule has 2 heteroatoms. The first kappa shape index (κ1) is 15.9. The van der Waals surface area contributed by atoms with Gasteiger partial charge in [-0.3, -0.25) is 0 Å². The molecule has 1 nitrogen and oxygen atoms in total. The van der Waals surface area contributed by atoms with Gasteiger partial charge in [-0.1, -0.05) is 94.8 Å². The summed E-state index contributed by atoms with van der Waals surface area (Å²) in [7, 11) is 0. The van der Waals surface area contributed by atoms with Crippen LogP contribution in [0.4, 0.5) is 0 Å². The molecule has 0 amide bonds. The Morgan fingerprint density at radius 1 is 0.600 bits per heavy atom. The van der Waals surface area contributed by atoms with Crippen molar-refractivity contribution in [1.29, 1.82) is 0 Å². The molecule has 0 unspecified atom stereocenters. The van der Waals surface area contributed by atoms with Crippen molar-refractivity contribution < 1.29 is 4.74 Å². The fourth-order valence-corrected chi connectivity index (χ4v) is 3.55. The minimum Gasteiger partial charge on any atom is -0.488 e. The Morgan fingerprint density at radius 2 is 1.28 bits per heavy atom. The van der Waals surface area contributed by atoms with E-state index in [1.165, 1.54) is 22.1 Å². The Morgan fingerprint density at radius 3 is 2.08 bits per heavy atom. The maximum Gasteiger partial charge on any atom is 0.127 e. The second kappa shape index (κ2) is 7.12. The average Bonchev–Trinajstić information content (AvgIpc) is 2.67. The van der Waals surface area contributed by atoms with Gasteiger partial charge in [0, 0.05) is 9.86 Å². The fraction of sp³-hybridized carbons (Fsp3) is 0.0435. The lowest BCUT2D eigenvalue weighted by atomic mass is 9.98. The zero-order chi connectivity index (χ0) is 17.1. The smallest absolute Gasteiger partial charge is 0.127 e. The first-order chi connectivity index (χ1) is 12.3. The summed E-state index contributed by atoms with van der Waals surface area (Å²) in [5.74, 6) is 0.912. The van der Waals surface area contributed by atoms with Gasteiger partial charge in [-0.05, 0) is 34.2 Å². The molecule has 4 aromatic carbocycles. The van der Waals surface area contributed by atoms with Crippen molar-refractivity contribution in [2.45, 2.75) is 6.61 Å². The second-order valence-corrected chi connectivity index (χ2v) is 6.77. The lowest BCUT2D eigenvalue weighted by Gasteiger charge is -2.14. The lowest BCUT2D eigenvalue weighted by Crippen LogP contribution is -1.96. The Bertz CT molecular complexity index is 1010. The van der Waals surface area contributed by atoms with Gasteiger partial charge in [-0.2, -0.15) is 0 Å². The molecule has 0 bridgehead atoms. The highest BCUT2D eigenvalue weighted by Crippen LogP contribution is 2.37. The van der Waals surface area contributed by atoms with E-state index in [4.69, 9.17) is 4.74 Å². The molecule has 0 saturated heterocycles. The molecule has 0 aliphatic heterocycles. The summed E-state index contributed by atoms with van der Waals surface area (Å²) in [6.07, 6.45) is 0. The van der Waals surface area contributed by atoms with Crippen LogP contribution >= 0.6 is 15.9 Å². The van der Waals surface area contributed by atoms with Crippen molar-refractivity contribution in [3.8, 4) is 16.9 Å². The van der Waals surface area contributed by atoms with Crippen LogP contribution in [-0.2, 0) is 6.61 Å². The molecular weight excluding hydrogens is 372 g/mol. The zero-order valence-corrected chi connectivity index (χ0v) is 15.2. The molecule has 25 heavy (non-hydrogen) atoms. The highest BCUT2D eigenvalue weighted by Gasteiger charge is 2.10. The van der Waals surface area contributed by atoms with Gasteiger partial charge in [0.2, 0.25) is 0 Å². The van der Waals surface area contributed by atoms with E-state index in [0.717, 1.165) is 15.6 Å². The molecule has 0 radical (unpaired) electrons. The Labute approximate surface area is 156 Å². The van der Waals surface area contributed by atoms with Crippen LogP contribution in [0.25, 0.3) is 21.9 Å². The summed E-state index contributed by atoms with van der Waals surface area (Å²) in [6, 6.07) is 31.2. The highest BCUT2D eigenvalue weighted by molar-refractivity contribution is 9.10. The minimum absolute atomic E-state index is 0.569. The van der Waals surface area contributed by atoms with E-state index in [9.17, 15) is 0 Å². The SMILES string of the molecule is Brc1ccccc1-c1ccc(OCc2ccccc2)c2ccccc12. The summed E-state index contributed by atoms with van der Waals surface area (Å²) >= 11 is 3.67. The van der Waals surface area contributed by atoms with Crippen LogP contribution in [-0.4, -0.2) is 0 Å². The van der Waals surface area contributed by atoms with Crippen molar-refractivity contribution in [2.24, 2.45) is 0 Å². The molecule has 0 aliphatic carbocycles. The van der Waals surface area contributed by atoms with Gasteiger partial charge in [0.1, 0.15) is 12.4 Å². The zero-order valence-electron chi connectivity index (χ0n) is 13.7. The molecule has 0 aliphatic rings. The molecule has 0 saturated carbocycles. The third-order valence-electron chi connectivity index (χ3n) is 4.29. The lowest BCUT2D eigenvalue weighted by molar-refractivity contribution is 0.310. The predicted octanol–water partition coefficient (Wildman–Crippen LogP) is 6.85. The van der Waals surface area contributed by atoms with Crippen molar-refractivity contribution in [3.05, 3.63) is 101 Å². The van der Waals surface area contributed by atoms with E-state index in [1.54, 1.807) is 0 Å². The first-order valence-electron chi connectivity index (χ1n) is 8.26. The molecule has 4 rings (SSSR count). The van der Waals surface area contributed by atoms with Crippen LogP contribution in [0.1, 0.15) is 5.56 Å². The number of hydrogen-bond acceptors (Lipinski definition) is 1. The number of ether oxygens (including phenoxy) is 1. The third kappa shape index (κ3) is 3.31. The molecule has 0 aromatic heterocycles. The van der Waals surface area contributed by atoms with E-state index in [2.05, 4.69) is 82.7 Å². The largest absolute Gasteiger partial charge is 0.488 e. The number of rotatable bonds is 4. The number of hydrogen-bond donors (Lipinski definition) is 0. The van der Waals surface area contributed by atoms with Crippen LogP contribution < -0.4 is 4.74 Å². The van der Waals surface area contributed by atoms with Crippen LogP contribution in [0.5, 0.6) is 5.75 Å². The van der Waals surface area contributed by atoms with Gasteiger partial charge in [0.05, 0.1) is 0 Å². The molecule has 0 fully saturated rings. The van der Waals surface area contributed by atoms with E-state index in [-0.39, 0.29) is 0 Å². The molecule has 0 spiro atoms. The van der Waals surface area contributed by atoms with Crippen molar-refractivity contribution in [2.75, 3.05) is 0 Å². The van der Waals surface area contributed by atoms with E-state index < -0.39 is 0 Å². The summed E-state index contributed by atoms with van der Waals surface area (Å²) in [5.41, 5.74) is 3.56. The molecule has 0 N–H and O–H groups in total. The van der Waals surface area contributed by atoms with Gasteiger partial charge in [-0.15, -0.1) is 0 Å². The number of fused-ring (bicyclic) bond motifs is 1.